The van der Waals surface area contributed by atoms with Crippen molar-refractivity contribution in [2.75, 3.05) is 7.11 Å². The maximum absolute atomic E-state index is 12.0. The van der Waals surface area contributed by atoms with Crippen LogP contribution in [0.15, 0.2) is 24.3 Å². The van der Waals surface area contributed by atoms with Crippen molar-refractivity contribution in [2.45, 2.75) is 6.36 Å². The number of carbonyl (C=O) groups excluding carboxylic acids is 1. The number of hydrogen-bond donors (Lipinski definition) is 0. The van der Waals surface area contributed by atoms with Crippen LogP contribution in [-0.4, -0.2) is 19.4 Å². The Morgan fingerprint density at radius 3 is 2.56 bits per heavy atom. The van der Waals surface area contributed by atoms with Crippen LogP contribution < -0.4 is 4.74 Å². The third kappa shape index (κ3) is 4.67. The molecule has 1 aromatic rings. The summed E-state index contributed by atoms with van der Waals surface area (Å²) in [4.78, 5) is 10.8. The molecular formula is C11H8ClF3O3. The Morgan fingerprint density at radius 1 is 1.39 bits per heavy atom. The molecule has 0 aliphatic carbocycles. The van der Waals surface area contributed by atoms with Crippen molar-refractivity contribution in [1.82, 2.24) is 0 Å². The van der Waals surface area contributed by atoms with E-state index in [-0.39, 0.29) is 5.02 Å². The van der Waals surface area contributed by atoms with Crippen LogP contribution in [0.1, 0.15) is 5.56 Å². The van der Waals surface area contributed by atoms with E-state index in [9.17, 15) is 18.0 Å². The van der Waals surface area contributed by atoms with Gasteiger partial charge in [-0.2, -0.15) is 0 Å². The second-order valence-electron chi connectivity index (χ2n) is 3.09. The molecule has 98 valence electrons. The quantitative estimate of drug-likeness (QED) is 0.628. The van der Waals surface area contributed by atoms with Crippen molar-refractivity contribution in [3.63, 3.8) is 0 Å². The number of hydrogen-bond acceptors (Lipinski definition) is 3. The summed E-state index contributed by atoms with van der Waals surface area (Å²) in [6, 6.07) is 3.63. The minimum absolute atomic E-state index is 0.209. The Kier molecular flexibility index (Phi) is 4.61. The molecule has 0 N–H and O–H groups in total. The van der Waals surface area contributed by atoms with Gasteiger partial charge in [0, 0.05) is 6.08 Å². The number of rotatable bonds is 3. The predicted octanol–water partition coefficient (Wildman–Crippen LogP) is 3.42. The van der Waals surface area contributed by atoms with Crippen molar-refractivity contribution in [3.8, 4) is 5.75 Å². The van der Waals surface area contributed by atoms with E-state index in [1.54, 1.807) is 0 Å². The maximum atomic E-state index is 12.0. The highest BCUT2D eigenvalue weighted by Gasteiger charge is 2.31. The largest absolute Gasteiger partial charge is 0.573 e. The van der Waals surface area contributed by atoms with Crippen LogP contribution in [0.25, 0.3) is 6.08 Å². The van der Waals surface area contributed by atoms with E-state index in [0.29, 0.717) is 5.56 Å². The third-order valence-electron chi connectivity index (χ3n) is 1.79. The summed E-state index contributed by atoms with van der Waals surface area (Å²) in [6.45, 7) is 0. The molecule has 1 aromatic carbocycles. The highest BCUT2D eigenvalue weighted by molar-refractivity contribution is 6.32. The minimum atomic E-state index is -4.80. The van der Waals surface area contributed by atoms with Gasteiger partial charge in [0.2, 0.25) is 0 Å². The van der Waals surface area contributed by atoms with E-state index >= 15 is 0 Å². The highest BCUT2D eigenvalue weighted by atomic mass is 35.5. The summed E-state index contributed by atoms with van der Waals surface area (Å²) in [5.41, 5.74) is 0.444. The number of methoxy groups -OCH3 is 1. The predicted molar refractivity (Wildman–Crippen MR) is 59.2 cm³/mol. The second kappa shape index (κ2) is 5.77. The molecule has 0 unspecified atom stereocenters. The number of esters is 1. The number of benzene rings is 1. The van der Waals surface area contributed by atoms with E-state index in [2.05, 4.69) is 9.47 Å². The lowest BCUT2D eigenvalue weighted by atomic mass is 10.2. The maximum Gasteiger partial charge on any atom is 0.573 e. The first-order valence-electron chi connectivity index (χ1n) is 4.63. The second-order valence-corrected chi connectivity index (χ2v) is 3.50. The minimum Gasteiger partial charge on any atom is -0.466 e. The fourth-order valence-electron chi connectivity index (χ4n) is 1.06. The van der Waals surface area contributed by atoms with Gasteiger partial charge in [-0.15, -0.1) is 13.2 Å². The zero-order valence-electron chi connectivity index (χ0n) is 9.12. The summed E-state index contributed by atoms with van der Waals surface area (Å²) in [6.07, 6.45) is -2.32. The normalized spacial score (nSPS) is 11.6. The monoisotopic (exact) mass is 280 g/mol. The first-order chi connectivity index (χ1) is 8.31. The van der Waals surface area contributed by atoms with E-state index in [1.807, 2.05) is 0 Å². The topological polar surface area (TPSA) is 35.5 Å². The lowest BCUT2D eigenvalue weighted by molar-refractivity contribution is -0.274. The van der Waals surface area contributed by atoms with Crippen molar-refractivity contribution in [2.24, 2.45) is 0 Å². The van der Waals surface area contributed by atoms with Crippen molar-refractivity contribution in [1.29, 1.82) is 0 Å². The molecular weight excluding hydrogens is 273 g/mol. The third-order valence-corrected chi connectivity index (χ3v) is 2.09. The molecule has 0 atom stereocenters. The smallest absolute Gasteiger partial charge is 0.466 e. The Hall–Kier alpha value is -1.69. The Bertz CT molecular complexity index is 469. The van der Waals surface area contributed by atoms with Crippen LogP contribution in [0.5, 0.6) is 5.75 Å². The van der Waals surface area contributed by atoms with Crippen molar-refractivity contribution >= 4 is 23.6 Å². The summed E-state index contributed by atoms with van der Waals surface area (Å²) >= 11 is 5.61. The van der Waals surface area contributed by atoms with Gasteiger partial charge in [0.15, 0.2) is 0 Å². The average Bonchev–Trinajstić information content (AvgIpc) is 2.27. The van der Waals surface area contributed by atoms with Gasteiger partial charge < -0.3 is 9.47 Å². The molecule has 0 spiro atoms. The van der Waals surface area contributed by atoms with E-state index in [4.69, 9.17) is 11.6 Å². The zero-order chi connectivity index (χ0) is 13.8. The summed E-state index contributed by atoms with van der Waals surface area (Å²) in [5.74, 6) is -1.08. The van der Waals surface area contributed by atoms with E-state index in [1.165, 1.54) is 25.3 Å². The molecule has 0 saturated carbocycles. The summed E-state index contributed by atoms with van der Waals surface area (Å²) in [5, 5.41) is -0.209. The highest BCUT2D eigenvalue weighted by Crippen LogP contribution is 2.30. The molecule has 3 nitrogen and oxygen atoms in total. The van der Waals surface area contributed by atoms with Crippen LogP contribution in [-0.2, 0) is 9.53 Å². The van der Waals surface area contributed by atoms with Gasteiger partial charge in [-0.1, -0.05) is 17.7 Å². The Balaban J connectivity index is 2.86. The summed E-state index contributed by atoms with van der Waals surface area (Å²) < 4.78 is 43.9. The average molecular weight is 281 g/mol. The number of ether oxygens (including phenoxy) is 2. The Labute approximate surface area is 106 Å². The van der Waals surface area contributed by atoms with Gasteiger partial charge in [-0.25, -0.2) is 4.79 Å². The molecule has 0 bridgehead atoms. The van der Waals surface area contributed by atoms with Gasteiger partial charge in [-0.05, 0) is 23.8 Å². The van der Waals surface area contributed by atoms with E-state index < -0.39 is 18.1 Å². The van der Waals surface area contributed by atoms with Crippen LogP contribution in [0, 0.1) is 0 Å². The molecule has 0 fully saturated rings. The van der Waals surface area contributed by atoms with Gasteiger partial charge in [-0.3, -0.25) is 0 Å². The molecule has 0 saturated heterocycles. The van der Waals surface area contributed by atoms with Crippen LogP contribution in [0.4, 0.5) is 13.2 Å². The standard InChI is InChI=1S/C11H8ClF3O3/c1-17-10(16)5-3-7-2-4-9(8(12)6-7)18-11(13,14)15/h2-6H,1H3. The van der Waals surface area contributed by atoms with Gasteiger partial charge >= 0.3 is 12.3 Å². The molecule has 18 heavy (non-hydrogen) atoms. The summed E-state index contributed by atoms with van der Waals surface area (Å²) in [7, 11) is 1.21. The molecule has 0 aliphatic heterocycles. The number of alkyl halides is 3. The number of carbonyl (C=O) groups is 1. The van der Waals surface area contributed by atoms with Gasteiger partial charge in [0.05, 0.1) is 12.1 Å². The van der Waals surface area contributed by atoms with Crippen LogP contribution in [0.3, 0.4) is 0 Å². The fraction of sp³-hybridized carbons (Fsp3) is 0.182. The van der Waals surface area contributed by atoms with Gasteiger partial charge in [0.25, 0.3) is 0 Å². The van der Waals surface area contributed by atoms with E-state index in [0.717, 1.165) is 12.1 Å². The number of halogens is 4. The first-order valence-corrected chi connectivity index (χ1v) is 5.01. The molecule has 0 heterocycles. The first kappa shape index (κ1) is 14.4. The fourth-order valence-corrected chi connectivity index (χ4v) is 1.29. The molecule has 1 rings (SSSR count). The molecule has 0 radical (unpaired) electrons. The molecule has 0 amide bonds. The lowest BCUT2D eigenvalue weighted by Crippen LogP contribution is -2.17. The SMILES string of the molecule is COC(=O)C=Cc1ccc(OC(F)(F)F)c(Cl)c1. The molecule has 0 aromatic heterocycles. The van der Waals surface area contributed by atoms with Crippen LogP contribution in [0.2, 0.25) is 5.02 Å². The molecule has 0 aliphatic rings. The van der Waals surface area contributed by atoms with Gasteiger partial charge in [0.1, 0.15) is 5.75 Å². The lowest BCUT2D eigenvalue weighted by Gasteiger charge is -2.10. The van der Waals surface area contributed by atoms with Crippen LogP contribution >= 0.6 is 11.6 Å². The zero-order valence-corrected chi connectivity index (χ0v) is 9.88. The Morgan fingerprint density at radius 2 is 2.06 bits per heavy atom. The van der Waals surface area contributed by atoms with Crippen molar-refractivity contribution in [3.05, 3.63) is 34.9 Å². The van der Waals surface area contributed by atoms with Crippen molar-refractivity contribution < 1.29 is 27.4 Å². The molecule has 7 heteroatoms.